The van der Waals surface area contributed by atoms with Gasteiger partial charge in [0.2, 0.25) is 0 Å². The van der Waals surface area contributed by atoms with E-state index in [0.717, 1.165) is 28.0 Å². The van der Waals surface area contributed by atoms with Gasteiger partial charge in [-0.2, -0.15) is 0 Å². The highest BCUT2D eigenvalue weighted by Gasteiger charge is 2.13. The normalized spacial score (nSPS) is 12.0. The number of thiophene rings is 1. The van der Waals surface area contributed by atoms with Crippen molar-refractivity contribution in [2.45, 2.75) is 0 Å². The number of benzene rings is 9. The van der Waals surface area contributed by atoms with E-state index < -0.39 is 0 Å². The van der Waals surface area contributed by atoms with Gasteiger partial charge in [0.05, 0.1) is 5.71 Å². The summed E-state index contributed by atoms with van der Waals surface area (Å²) in [5, 5.41) is 17.7. The smallest absolute Gasteiger partial charge is 0.152 e. The molecule has 10 rings (SSSR count). The Morgan fingerprint density at radius 3 is 1.81 bits per heavy atom. The third kappa shape index (κ3) is 6.75. The summed E-state index contributed by atoms with van der Waals surface area (Å²) in [7, 11) is 0. The molecule has 0 unspecified atom stereocenters. The van der Waals surface area contributed by atoms with Crippen LogP contribution in [-0.4, -0.2) is 11.5 Å². The number of aliphatic imine (C=N–C) groups is 1. The maximum Gasteiger partial charge on any atom is 0.152 e. The third-order valence-electron chi connectivity index (χ3n) is 10.8. The van der Waals surface area contributed by atoms with Crippen molar-refractivity contribution in [1.82, 2.24) is 0 Å². The minimum Gasteiger partial charge on any atom is -0.282 e. The Morgan fingerprint density at radius 1 is 0.439 bits per heavy atom. The molecule has 0 aliphatic rings. The lowest BCUT2D eigenvalue weighted by molar-refractivity contribution is 1.41. The van der Waals surface area contributed by atoms with Gasteiger partial charge in [-0.25, -0.2) is 4.99 Å². The first-order chi connectivity index (χ1) is 28.1. The van der Waals surface area contributed by atoms with Gasteiger partial charge in [-0.3, -0.25) is 5.41 Å². The van der Waals surface area contributed by atoms with Crippen molar-refractivity contribution in [3.63, 3.8) is 0 Å². The van der Waals surface area contributed by atoms with Crippen molar-refractivity contribution in [2.75, 3.05) is 0 Å². The molecule has 0 atom stereocenters. The third-order valence-corrected chi connectivity index (χ3v) is 12.0. The van der Waals surface area contributed by atoms with Crippen LogP contribution in [0, 0.1) is 5.41 Å². The van der Waals surface area contributed by atoms with Crippen LogP contribution in [0.4, 0.5) is 0 Å². The highest BCUT2D eigenvalue weighted by atomic mass is 32.1. The van der Waals surface area contributed by atoms with Gasteiger partial charge in [0, 0.05) is 20.7 Å². The molecule has 268 valence electrons. The van der Waals surface area contributed by atoms with Crippen molar-refractivity contribution in [3.8, 4) is 32.7 Å². The van der Waals surface area contributed by atoms with Crippen molar-refractivity contribution >= 4 is 71.4 Å². The van der Waals surface area contributed by atoms with Crippen LogP contribution in [0.2, 0.25) is 0 Å². The zero-order valence-corrected chi connectivity index (χ0v) is 31.9. The lowest BCUT2D eigenvalue weighted by Gasteiger charge is -2.14. The highest BCUT2D eigenvalue weighted by molar-refractivity contribution is 7.22. The Balaban J connectivity index is 0.939. The lowest BCUT2D eigenvalue weighted by Crippen LogP contribution is -2.03. The molecule has 0 spiro atoms. The van der Waals surface area contributed by atoms with Gasteiger partial charge >= 0.3 is 0 Å². The summed E-state index contributed by atoms with van der Waals surface area (Å²) in [6.45, 7) is 0. The summed E-state index contributed by atoms with van der Waals surface area (Å²) in [5.41, 5.74) is 9.51. The molecule has 3 heteroatoms. The van der Waals surface area contributed by atoms with Crippen molar-refractivity contribution < 1.29 is 0 Å². The van der Waals surface area contributed by atoms with Crippen LogP contribution in [0.15, 0.2) is 211 Å². The Morgan fingerprint density at radius 2 is 1.05 bits per heavy atom. The fraction of sp³-hybridized carbons (Fsp3) is 0. The Hall–Kier alpha value is -7.20. The van der Waals surface area contributed by atoms with E-state index in [1.165, 1.54) is 69.5 Å². The molecule has 10 aromatic rings. The molecule has 0 aliphatic carbocycles. The number of hydrogen-bond donors (Lipinski definition) is 1. The predicted octanol–water partition coefficient (Wildman–Crippen LogP) is 14.9. The molecule has 0 aliphatic heterocycles. The van der Waals surface area contributed by atoms with Gasteiger partial charge in [-0.15, -0.1) is 11.3 Å². The first-order valence-corrected chi connectivity index (χ1v) is 20.0. The van der Waals surface area contributed by atoms with Crippen molar-refractivity contribution in [3.05, 3.63) is 223 Å². The van der Waals surface area contributed by atoms with E-state index in [4.69, 9.17) is 10.4 Å². The summed E-state index contributed by atoms with van der Waals surface area (Å²) in [4.78, 5) is 6.07. The van der Waals surface area contributed by atoms with Crippen LogP contribution < -0.4 is 0 Å². The second kappa shape index (κ2) is 14.8. The maximum absolute atomic E-state index is 8.82. The summed E-state index contributed by atoms with van der Waals surface area (Å²) in [6.07, 6.45) is 4.10. The average Bonchev–Trinajstić information content (AvgIpc) is 3.72. The molecule has 0 fully saturated rings. The number of allylic oxidation sites excluding steroid dienone is 1. The number of nitrogens with one attached hydrogen (secondary N) is 1. The predicted molar refractivity (Wildman–Crippen MR) is 246 cm³/mol. The first kappa shape index (κ1) is 34.3. The van der Waals surface area contributed by atoms with E-state index in [1.54, 1.807) is 11.3 Å². The van der Waals surface area contributed by atoms with Crippen molar-refractivity contribution in [2.24, 2.45) is 4.99 Å². The standard InChI is InChI=1S/C54H36N2S/c55-54(43-11-2-1-3-12-43)56-50(40-25-27-41(28-26-40)52-35-45-14-6-9-17-51(45)57-52)33-20-36-18-21-37(22-19-36)38-23-29-42(30-24-38)53-47-16-8-5-13-44(47)34-49-46-15-7-4-10-39(46)31-32-48(49)53/h1-35,55H/b33-20+,55-54?,56-50?. The molecule has 2 nitrogen and oxygen atoms in total. The number of hydrogen-bond acceptors (Lipinski definition) is 2. The average molecular weight is 745 g/mol. The minimum absolute atomic E-state index is 0.229. The van der Waals surface area contributed by atoms with E-state index in [2.05, 4.69) is 176 Å². The molecule has 1 N–H and O–H groups in total. The van der Waals surface area contributed by atoms with Gasteiger partial charge in [0.25, 0.3) is 0 Å². The van der Waals surface area contributed by atoms with E-state index in [0.29, 0.717) is 0 Å². The molecule has 0 bridgehead atoms. The number of nitrogens with zero attached hydrogens (tertiary/aromatic N) is 1. The second-order valence-electron chi connectivity index (χ2n) is 14.3. The van der Waals surface area contributed by atoms with Gasteiger partial charge in [-0.1, -0.05) is 188 Å². The summed E-state index contributed by atoms with van der Waals surface area (Å²) < 4.78 is 1.28. The molecule has 0 radical (unpaired) electrons. The zero-order valence-electron chi connectivity index (χ0n) is 31.1. The molecule has 0 saturated carbocycles. The number of amidine groups is 1. The van der Waals surface area contributed by atoms with Crippen LogP contribution in [0.1, 0.15) is 16.7 Å². The Bertz CT molecular complexity index is 3120. The number of rotatable bonds is 7. The number of fused-ring (bicyclic) bond motifs is 5. The minimum atomic E-state index is 0.229. The molecular formula is C54H36N2S. The maximum atomic E-state index is 8.82. The fourth-order valence-corrected chi connectivity index (χ4v) is 8.90. The first-order valence-electron chi connectivity index (χ1n) is 19.2. The Labute approximate surface area is 335 Å². The molecule has 0 saturated heterocycles. The van der Waals surface area contributed by atoms with Crippen LogP contribution in [0.3, 0.4) is 0 Å². The fourth-order valence-electron chi connectivity index (χ4n) is 7.83. The van der Waals surface area contributed by atoms with E-state index >= 15 is 0 Å². The summed E-state index contributed by atoms with van der Waals surface area (Å²) >= 11 is 1.80. The molecular weight excluding hydrogens is 709 g/mol. The zero-order chi connectivity index (χ0) is 38.1. The summed E-state index contributed by atoms with van der Waals surface area (Å²) in [6, 6.07) is 70.8. The van der Waals surface area contributed by atoms with Gasteiger partial charge in [0.1, 0.15) is 0 Å². The summed E-state index contributed by atoms with van der Waals surface area (Å²) in [5.74, 6) is 0.229. The van der Waals surface area contributed by atoms with Crippen LogP contribution >= 0.6 is 11.3 Å². The second-order valence-corrected chi connectivity index (χ2v) is 15.4. The largest absolute Gasteiger partial charge is 0.282 e. The molecule has 1 aromatic heterocycles. The molecule has 0 amide bonds. The van der Waals surface area contributed by atoms with Gasteiger partial charge < -0.3 is 0 Å². The molecule has 1 heterocycles. The van der Waals surface area contributed by atoms with E-state index in [1.807, 2.05) is 36.4 Å². The van der Waals surface area contributed by atoms with E-state index in [9.17, 15) is 0 Å². The molecule has 9 aromatic carbocycles. The van der Waals surface area contributed by atoms with Crippen LogP contribution in [0.25, 0.3) is 81.2 Å². The van der Waals surface area contributed by atoms with Crippen LogP contribution in [-0.2, 0) is 0 Å². The monoisotopic (exact) mass is 744 g/mol. The van der Waals surface area contributed by atoms with Crippen molar-refractivity contribution in [1.29, 1.82) is 5.41 Å². The topological polar surface area (TPSA) is 36.2 Å². The lowest BCUT2D eigenvalue weighted by atomic mass is 9.89. The SMILES string of the molecule is N=C(N=C(/C=C/c1ccc(-c2ccc(-c3c4ccccc4cc4c3ccc3ccccc34)cc2)cc1)c1ccc(-c2cc3ccccc3s2)cc1)c1ccccc1. The highest BCUT2D eigenvalue weighted by Crippen LogP contribution is 2.40. The molecule has 57 heavy (non-hydrogen) atoms. The van der Waals surface area contributed by atoms with Crippen LogP contribution in [0.5, 0.6) is 0 Å². The quantitative estimate of drug-likeness (QED) is 0.0730. The Kier molecular flexibility index (Phi) is 8.91. The van der Waals surface area contributed by atoms with E-state index in [-0.39, 0.29) is 5.84 Å². The van der Waals surface area contributed by atoms with Gasteiger partial charge in [0.15, 0.2) is 5.84 Å². The van der Waals surface area contributed by atoms with Gasteiger partial charge in [-0.05, 0) is 95.4 Å².